The van der Waals surface area contributed by atoms with Gasteiger partial charge in [0.2, 0.25) is 11.8 Å². The van der Waals surface area contributed by atoms with Gasteiger partial charge in [-0.25, -0.2) is 8.78 Å². The molecule has 7 nitrogen and oxygen atoms in total. The number of nitrogens with one attached hydrogen (secondary N) is 2. The van der Waals surface area contributed by atoms with Crippen molar-refractivity contribution >= 4 is 11.8 Å². The van der Waals surface area contributed by atoms with Gasteiger partial charge in [0.05, 0.1) is 18.2 Å². The number of piperazine rings is 1. The van der Waals surface area contributed by atoms with Crippen LogP contribution in [-0.2, 0) is 22.6 Å². The van der Waals surface area contributed by atoms with E-state index < -0.39 is 17.7 Å². The maximum absolute atomic E-state index is 13.5. The van der Waals surface area contributed by atoms with Crippen molar-refractivity contribution in [3.05, 3.63) is 52.3 Å². The molecule has 2 N–H and O–H groups in total. The minimum atomic E-state index is -0.925. The second kappa shape index (κ2) is 9.34. The lowest BCUT2D eigenvalue weighted by atomic mass is 10.1. The fourth-order valence-corrected chi connectivity index (χ4v) is 3.71. The van der Waals surface area contributed by atoms with Crippen LogP contribution in [0.3, 0.4) is 0 Å². The first-order valence-electron chi connectivity index (χ1n) is 9.96. The second-order valence-electron chi connectivity index (χ2n) is 7.71. The van der Waals surface area contributed by atoms with Gasteiger partial charge in [0.15, 0.2) is 11.6 Å². The molecule has 0 radical (unpaired) electrons. The summed E-state index contributed by atoms with van der Waals surface area (Å²) in [5, 5.41) is 9.88. The predicted octanol–water partition coefficient (Wildman–Crippen LogP) is 1.70. The number of aryl methyl sites for hydroxylation is 2. The van der Waals surface area contributed by atoms with Gasteiger partial charge in [0.1, 0.15) is 0 Å². The largest absolute Gasteiger partial charge is 0.353 e. The molecule has 1 unspecified atom stereocenters. The Morgan fingerprint density at radius 2 is 2.07 bits per heavy atom. The van der Waals surface area contributed by atoms with E-state index in [2.05, 4.69) is 15.5 Å². The van der Waals surface area contributed by atoms with Crippen molar-refractivity contribution in [1.29, 1.82) is 0 Å². The first kappa shape index (κ1) is 21.9. The molecule has 1 aromatic carbocycles. The molecule has 0 bridgehead atoms. The molecular formula is C21H27F2N5O2. The van der Waals surface area contributed by atoms with E-state index in [9.17, 15) is 18.4 Å². The number of nitrogens with zero attached hydrogens (tertiary/aromatic N) is 3. The summed E-state index contributed by atoms with van der Waals surface area (Å²) in [5.74, 6) is -2.21. The van der Waals surface area contributed by atoms with Crippen LogP contribution in [0.2, 0.25) is 0 Å². The second-order valence-corrected chi connectivity index (χ2v) is 7.71. The molecule has 30 heavy (non-hydrogen) atoms. The lowest BCUT2D eigenvalue weighted by Crippen LogP contribution is -2.56. The van der Waals surface area contributed by atoms with Gasteiger partial charge in [0.25, 0.3) is 0 Å². The van der Waals surface area contributed by atoms with Gasteiger partial charge in [-0.15, -0.1) is 0 Å². The van der Waals surface area contributed by atoms with E-state index in [1.54, 1.807) is 11.9 Å². The minimum Gasteiger partial charge on any atom is -0.353 e. The average molecular weight is 419 g/mol. The highest BCUT2D eigenvalue weighted by atomic mass is 19.2. The molecule has 1 aliphatic heterocycles. The van der Waals surface area contributed by atoms with E-state index in [1.165, 1.54) is 6.07 Å². The van der Waals surface area contributed by atoms with Gasteiger partial charge in [-0.1, -0.05) is 6.07 Å². The number of aromatic amines is 1. The zero-order valence-corrected chi connectivity index (χ0v) is 17.5. The Balaban J connectivity index is 1.63. The summed E-state index contributed by atoms with van der Waals surface area (Å²) in [4.78, 5) is 28.7. The third-order valence-corrected chi connectivity index (χ3v) is 5.58. The molecule has 0 saturated carbocycles. The number of amides is 2. The monoisotopic (exact) mass is 419 g/mol. The van der Waals surface area contributed by atoms with Crippen LogP contribution in [0.15, 0.2) is 18.2 Å². The van der Waals surface area contributed by atoms with Gasteiger partial charge < -0.3 is 10.2 Å². The van der Waals surface area contributed by atoms with E-state index in [0.29, 0.717) is 31.6 Å². The Bertz CT molecular complexity index is 911. The number of H-pyrrole nitrogens is 1. The van der Waals surface area contributed by atoms with Gasteiger partial charge in [0, 0.05) is 38.9 Å². The fraction of sp³-hybridized carbons (Fsp3) is 0.476. The third-order valence-electron chi connectivity index (χ3n) is 5.58. The van der Waals surface area contributed by atoms with Crippen molar-refractivity contribution in [3.63, 3.8) is 0 Å². The van der Waals surface area contributed by atoms with E-state index in [-0.39, 0.29) is 24.8 Å². The highest BCUT2D eigenvalue weighted by molar-refractivity contribution is 5.88. The van der Waals surface area contributed by atoms with Crippen molar-refractivity contribution in [2.45, 2.75) is 39.3 Å². The number of rotatable bonds is 7. The summed E-state index contributed by atoms with van der Waals surface area (Å²) in [6.45, 7) is 5.61. The number of likely N-dealkylation sites (N-methyl/N-ethyl adjacent to an activating group) is 1. The standard InChI is InChI=1S/C21H27F2N5O2/c1-13-16(14(2)26-25-13)6-8-27(3)20(29)11-19-21(30)24-7-9-28(19)12-15-4-5-17(22)18(23)10-15/h4-5,10,19H,6-9,11-12H2,1-3H3,(H,24,30)(H,25,26). The van der Waals surface area contributed by atoms with Crippen molar-refractivity contribution in [2.75, 3.05) is 26.7 Å². The molecule has 9 heteroatoms. The molecular weight excluding hydrogens is 392 g/mol. The number of hydrogen-bond donors (Lipinski definition) is 2. The molecule has 3 rings (SSSR count). The fourth-order valence-electron chi connectivity index (χ4n) is 3.71. The van der Waals surface area contributed by atoms with Gasteiger partial charge in [-0.3, -0.25) is 19.6 Å². The Hall–Kier alpha value is -2.81. The normalized spacial score (nSPS) is 17.1. The Kier molecular flexibility index (Phi) is 6.81. The van der Waals surface area contributed by atoms with E-state index >= 15 is 0 Å². The van der Waals surface area contributed by atoms with Crippen LogP contribution in [0.1, 0.15) is 28.9 Å². The van der Waals surface area contributed by atoms with E-state index in [1.807, 2.05) is 18.7 Å². The molecule has 162 valence electrons. The average Bonchev–Trinajstić information content (AvgIpc) is 3.03. The maximum atomic E-state index is 13.5. The van der Waals surface area contributed by atoms with Crippen LogP contribution in [-0.4, -0.2) is 64.5 Å². The number of carbonyl (C=O) groups is 2. The number of benzene rings is 1. The van der Waals surface area contributed by atoms with Gasteiger partial charge in [-0.05, 0) is 43.5 Å². The summed E-state index contributed by atoms with van der Waals surface area (Å²) in [6.07, 6.45) is 0.696. The zero-order chi connectivity index (χ0) is 21.8. The van der Waals surface area contributed by atoms with Crippen LogP contribution in [0.4, 0.5) is 8.78 Å². The highest BCUT2D eigenvalue weighted by Crippen LogP contribution is 2.17. The number of hydrogen-bond acceptors (Lipinski definition) is 4. The molecule has 2 heterocycles. The van der Waals surface area contributed by atoms with Gasteiger partial charge in [-0.2, -0.15) is 5.10 Å². The summed E-state index contributed by atoms with van der Waals surface area (Å²) in [6, 6.07) is 3.04. The summed E-state index contributed by atoms with van der Waals surface area (Å²) >= 11 is 0. The first-order valence-corrected chi connectivity index (χ1v) is 9.96. The molecule has 2 aromatic rings. The number of halogens is 2. The molecule has 1 aromatic heterocycles. The highest BCUT2D eigenvalue weighted by Gasteiger charge is 2.32. The molecule has 2 amide bonds. The van der Waals surface area contributed by atoms with Crippen molar-refractivity contribution < 1.29 is 18.4 Å². The van der Waals surface area contributed by atoms with Crippen LogP contribution < -0.4 is 5.32 Å². The molecule has 1 fully saturated rings. The van der Waals surface area contributed by atoms with Crippen molar-refractivity contribution in [2.24, 2.45) is 0 Å². The maximum Gasteiger partial charge on any atom is 0.237 e. The summed E-state index contributed by atoms with van der Waals surface area (Å²) in [5.41, 5.74) is 3.54. The van der Waals surface area contributed by atoms with Crippen molar-refractivity contribution in [3.8, 4) is 0 Å². The molecule has 1 saturated heterocycles. The molecule has 1 atom stereocenters. The topological polar surface area (TPSA) is 81.3 Å². The lowest BCUT2D eigenvalue weighted by Gasteiger charge is -2.35. The van der Waals surface area contributed by atoms with E-state index in [0.717, 1.165) is 29.1 Å². The van der Waals surface area contributed by atoms with Crippen LogP contribution >= 0.6 is 0 Å². The number of aromatic nitrogens is 2. The summed E-state index contributed by atoms with van der Waals surface area (Å²) < 4.78 is 26.7. The molecule has 0 spiro atoms. The van der Waals surface area contributed by atoms with Crippen LogP contribution in [0.25, 0.3) is 0 Å². The number of carbonyl (C=O) groups excluding carboxylic acids is 2. The first-order chi connectivity index (χ1) is 14.3. The zero-order valence-electron chi connectivity index (χ0n) is 17.5. The molecule has 1 aliphatic rings. The molecule has 0 aliphatic carbocycles. The Morgan fingerprint density at radius 3 is 2.73 bits per heavy atom. The van der Waals surface area contributed by atoms with Crippen LogP contribution in [0, 0.1) is 25.5 Å². The SMILES string of the molecule is Cc1n[nH]c(C)c1CCN(C)C(=O)CC1C(=O)NCCN1Cc1ccc(F)c(F)c1. The Morgan fingerprint density at radius 1 is 1.30 bits per heavy atom. The smallest absolute Gasteiger partial charge is 0.237 e. The predicted molar refractivity (Wildman–Crippen MR) is 108 cm³/mol. The van der Waals surface area contributed by atoms with Gasteiger partial charge >= 0.3 is 0 Å². The Labute approximate surface area is 174 Å². The third kappa shape index (κ3) is 5.02. The quantitative estimate of drug-likeness (QED) is 0.716. The van der Waals surface area contributed by atoms with Crippen molar-refractivity contribution in [1.82, 2.24) is 25.3 Å². The van der Waals surface area contributed by atoms with E-state index in [4.69, 9.17) is 0 Å². The lowest BCUT2D eigenvalue weighted by molar-refractivity contribution is -0.138. The summed E-state index contributed by atoms with van der Waals surface area (Å²) in [7, 11) is 1.72. The minimum absolute atomic E-state index is 0.0232. The van der Waals surface area contributed by atoms with Crippen LogP contribution in [0.5, 0.6) is 0 Å².